The van der Waals surface area contributed by atoms with Gasteiger partial charge in [0, 0.05) is 22.0 Å². The first kappa shape index (κ1) is 20.7. The number of hydrogen-bond acceptors (Lipinski definition) is 4. The summed E-state index contributed by atoms with van der Waals surface area (Å²) >= 11 is 3.22. The van der Waals surface area contributed by atoms with Crippen LogP contribution in [0.15, 0.2) is 83.8 Å². The molecule has 3 aromatic rings. The van der Waals surface area contributed by atoms with Crippen LogP contribution in [0.2, 0.25) is 0 Å². The van der Waals surface area contributed by atoms with E-state index in [1.165, 1.54) is 4.90 Å². The van der Waals surface area contributed by atoms with E-state index < -0.39 is 0 Å². The van der Waals surface area contributed by atoms with Crippen molar-refractivity contribution < 1.29 is 9.59 Å². The van der Waals surface area contributed by atoms with Crippen LogP contribution in [0.3, 0.4) is 0 Å². The molecule has 3 aromatic carbocycles. The first-order valence-corrected chi connectivity index (χ1v) is 11.3. The van der Waals surface area contributed by atoms with Gasteiger partial charge in [0.2, 0.25) is 0 Å². The van der Waals surface area contributed by atoms with Gasteiger partial charge in [-0.2, -0.15) is 0 Å². The predicted octanol–water partition coefficient (Wildman–Crippen LogP) is 6.30. The third-order valence-electron chi connectivity index (χ3n) is 4.85. The summed E-state index contributed by atoms with van der Waals surface area (Å²) in [5.74, 6) is -0.242. The molecular weight excluding hydrogens is 507 g/mol. The van der Waals surface area contributed by atoms with Crippen molar-refractivity contribution in [3.05, 3.63) is 98.5 Å². The van der Waals surface area contributed by atoms with E-state index in [1.807, 2.05) is 73.8 Å². The summed E-state index contributed by atoms with van der Waals surface area (Å²) in [5, 5.41) is -0.231. The number of carbonyl (C=O) groups excluding carboxylic acids is 2. The molecule has 0 aromatic heterocycles. The lowest BCUT2D eigenvalue weighted by Crippen LogP contribution is -2.27. The monoisotopic (exact) mass is 526 g/mol. The molecule has 1 saturated heterocycles. The number of imide groups is 1. The third-order valence-corrected chi connectivity index (χ3v) is 6.48. The molecule has 4 rings (SSSR count). The number of halogens is 1. The molecular formula is C24H19IN2O2S. The highest BCUT2D eigenvalue weighted by atomic mass is 127. The summed E-state index contributed by atoms with van der Waals surface area (Å²) < 4.78 is 1.12. The molecule has 0 radical (unpaired) electrons. The molecule has 6 heteroatoms. The second-order valence-corrected chi connectivity index (χ2v) is 9.12. The van der Waals surface area contributed by atoms with Gasteiger partial charge in [-0.25, -0.2) is 0 Å². The number of para-hydroxylation sites is 1. The predicted molar refractivity (Wildman–Crippen MR) is 132 cm³/mol. The van der Waals surface area contributed by atoms with Gasteiger partial charge >= 0.3 is 0 Å². The van der Waals surface area contributed by atoms with Gasteiger partial charge in [0.1, 0.15) is 0 Å². The highest BCUT2D eigenvalue weighted by molar-refractivity contribution is 14.1. The Balaban J connectivity index is 1.48. The molecule has 1 heterocycles. The van der Waals surface area contributed by atoms with Crippen LogP contribution in [0.4, 0.5) is 16.2 Å². The SMILES string of the molecule is CN(c1ccccc1)c1ccc(/C=C2\SC(=O)N(Cc3ccc(I)cc3)C2=O)cc1. The average Bonchev–Trinajstić information content (AvgIpc) is 3.03. The fourth-order valence-corrected chi connectivity index (χ4v) is 4.35. The number of nitrogens with zero attached hydrogens (tertiary/aromatic N) is 2. The van der Waals surface area contributed by atoms with Gasteiger partial charge in [0.25, 0.3) is 11.1 Å². The van der Waals surface area contributed by atoms with Gasteiger partial charge in [0.05, 0.1) is 11.4 Å². The molecule has 0 bridgehead atoms. The molecule has 0 saturated carbocycles. The van der Waals surface area contributed by atoms with Crippen molar-refractivity contribution in [1.82, 2.24) is 4.90 Å². The lowest BCUT2D eigenvalue weighted by molar-refractivity contribution is -0.123. The van der Waals surface area contributed by atoms with Crippen LogP contribution in [0.25, 0.3) is 6.08 Å². The van der Waals surface area contributed by atoms with Crippen LogP contribution in [0.5, 0.6) is 0 Å². The smallest absolute Gasteiger partial charge is 0.293 e. The van der Waals surface area contributed by atoms with Crippen LogP contribution in [-0.2, 0) is 11.3 Å². The molecule has 0 spiro atoms. The highest BCUT2D eigenvalue weighted by Crippen LogP contribution is 2.34. The minimum atomic E-state index is -0.242. The summed E-state index contributed by atoms with van der Waals surface area (Å²) in [7, 11) is 2.01. The Bertz CT molecular complexity index is 1100. The molecule has 30 heavy (non-hydrogen) atoms. The Morgan fingerprint density at radius 1 is 0.900 bits per heavy atom. The number of rotatable bonds is 5. The van der Waals surface area contributed by atoms with Crippen LogP contribution < -0.4 is 4.90 Å². The van der Waals surface area contributed by atoms with E-state index in [1.54, 1.807) is 6.08 Å². The maximum absolute atomic E-state index is 12.8. The van der Waals surface area contributed by atoms with Gasteiger partial charge in [-0.05, 0) is 88.0 Å². The van der Waals surface area contributed by atoms with Gasteiger partial charge in [-0.3, -0.25) is 14.5 Å². The Labute approximate surface area is 193 Å². The zero-order valence-corrected chi connectivity index (χ0v) is 19.3. The van der Waals surface area contributed by atoms with Crippen molar-refractivity contribution in [3.8, 4) is 0 Å². The van der Waals surface area contributed by atoms with Gasteiger partial charge in [-0.15, -0.1) is 0 Å². The molecule has 0 N–H and O–H groups in total. The molecule has 4 nitrogen and oxygen atoms in total. The van der Waals surface area contributed by atoms with Crippen molar-refractivity contribution in [2.45, 2.75) is 6.54 Å². The average molecular weight is 526 g/mol. The normalized spacial score (nSPS) is 15.1. The van der Waals surface area contributed by atoms with Crippen molar-refractivity contribution in [2.75, 3.05) is 11.9 Å². The highest BCUT2D eigenvalue weighted by Gasteiger charge is 2.34. The Morgan fingerprint density at radius 2 is 1.53 bits per heavy atom. The number of thioether (sulfide) groups is 1. The third kappa shape index (κ3) is 4.60. The summed E-state index contributed by atoms with van der Waals surface area (Å²) in [6, 6.07) is 25.9. The van der Waals surface area contributed by atoms with E-state index in [9.17, 15) is 9.59 Å². The topological polar surface area (TPSA) is 40.6 Å². The number of amides is 2. The maximum atomic E-state index is 12.8. The summed E-state index contributed by atoms with van der Waals surface area (Å²) in [5.41, 5.74) is 3.97. The van der Waals surface area contributed by atoms with E-state index in [-0.39, 0.29) is 11.1 Å². The number of anilines is 2. The summed E-state index contributed by atoms with van der Waals surface area (Å²) in [4.78, 5) is 29.0. The number of hydrogen-bond donors (Lipinski definition) is 0. The standard InChI is InChI=1S/C24H19IN2O2S/c1-26(20-5-3-2-4-6-20)21-13-9-17(10-14-21)15-22-23(28)27(24(29)30-22)16-18-7-11-19(25)12-8-18/h2-15H,16H2,1H3/b22-15-. The van der Waals surface area contributed by atoms with Crippen molar-refractivity contribution in [3.63, 3.8) is 0 Å². The van der Waals surface area contributed by atoms with Gasteiger partial charge in [0.15, 0.2) is 0 Å². The van der Waals surface area contributed by atoms with Crippen LogP contribution >= 0.6 is 34.4 Å². The fraction of sp³-hybridized carbons (Fsp3) is 0.0833. The van der Waals surface area contributed by atoms with Crippen molar-refractivity contribution in [1.29, 1.82) is 0 Å². The second kappa shape index (κ2) is 9.06. The first-order chi connectivity index (χ1) is 14.5. The van der Waals surface area contributed by atoms with Crippen LogP contribution in [-0.4, -0.2) is 23.1 Å². The largest absolute Gasteiger partial charge is 0.345 e. The molecule has 0 aliphatic carbocycles. The molecule has 0 unspecified atom stereocenters. The van der Waals surface area contributed by atoms with Gasteiger partial charge < -0.3 is 4.90 Å². The molecule has 150 valence electrons. The number of benzene rings is 3. The molecule has 1 aliphatic rings. The number of carbonyl (C=O) groups is 2. The zero-order chi connectivity index (χ0) is 21.1. The van der Waals surface area contributed by atoms with E-state index in [2.05, 4.69) is 39.6 Å². The Hall–Kier alpha value is -2.58. The lowest BCUT2D eigenvalue weighted by Gasteiger charge is -2.19. The maximum Gasteiger partial charge on any atom is 0.293 e. The summed E-state index contributed by atoms with van der Waals surface area (Å²) in [6.45, 7) is 0.291. The molecule has 0 atom stereocenters. The Morgan fingerprint density at radius 3 is 2.20 bits per heavy atom. The Kier molecular flexibility index (Phi) is 6.24. The second-order valence-electron chi connectivity index (χ2n) is 6.88. The quantitative estimate of drug-likeness (QED) is 0.289. The lowest BCUT2D eigenvalue weighted by atomic mass is 10.1. The molecule has 2 amide bonds. The zero-order valence-electron chi connectivity index (χ0n) is 16.3. The van der Waals surface area contributed by atoms with E-state index in [0.717, 1.165) is 37.8 Å². The first-order valence-electron chi connectivity index (χ1n) is 9.40. The van der Waals surface area contributed by atoms with Gasteiger partial charge in [-0.1, -0.05) is 42.5 Å². The van der Waals surface area contributed by atoms with E-state index in [4.69, 9.17) is 0 Å². The molecule has 1 aliphatic heterocycles. The minimum Gasteiger partial charge on any atom is -0.345 e. The molecule has 1 fully saturated rings. The van der Waals surface area contributed by atoms with Crippen molar-refractivity contribution >= 4 is 62.9 Å². The van der Waals surface area contributed by atoms with Crippen LogP contribution in [0, 0.1) is 3.57 Å². The summed E-state index contributed by atoms with van der Waals surface area (Å²) in [6.07, 6.45) is 1.78. The van der Waals surface area contributed by atoms with E-state index >= 15 is 0 Å². The fourth-order valence-electron chi connectivity index (χ4n) is 3.15. The minimum absolute atomic E-state index is 0.231. The van der Waals surface area contributed by atoms with Crippen molar-refractivity contribution in [2.24, 2.45) is 0 Å². The van der Waals surface area contributed by atoms with E-state index in [0.29, 0.717) is 11.4 Å². The van der Waals surface area contributed by atoms with Crippen LogP contribution in [0.1, 0.15) is 11.1 Å².